The molecule has 3 rings (SSSR count). The summed E-state index contributed by atoms with van der Waals surface area (Å²) in [6.07, 6.45) is -1.72. The van der Waals surface area contributed by atoms with Crippen molar-refractivity contribution in [3.63, 3.8) is 0 Å². The molecule has 0 aromatic heterocycles. The molecule has 0 aliphatic carbocycles. The Balaban J connectivity index is 1.92. The van der Waals surface area contributed by atoms with Gasteiger partial charge in [-0.2, -0.15) is 0 Å². The predicted octanol–water partition coefficient (Wildman–Crippen LogP) is 6.35. The van der Waals surface area contributed by atoms with Crippen LogP contribution in [0.1, 0.15) is 17.3 Å². The SMILES string of the molecule is FC(c1ccccc1)C(F)(CSc1ccccc1)c1ccccc1. The summed E-state index contributed by atoms with van der Waals surface area (Å²) < 4.78 is 31.1. The molecule has 3 aromatic carbocycles. The topological polar surface area (TPSA) is 0 Å². The van der Waals surface area contributed by atoms with E-state index >= 15 is 8.78 Å². The van der Waals surface area contributed by atoms with E-state index < -0.39 is 11.8 Å². The standard InChI is InChI=1S/C21H18F2S/c22-20(17-10-4-1-5-11-17)21(23,18-12-6-2-7-13-18)16-24-19-14-8-3-9-15-19/h1-15,20H,16H2. The van der Waals surface area contributed by atoms with Gasteiger partial charge in [0.15, 0.2) is 11.8 Å². The number of rotatable bonds is 6. The average molecular weight is 340 g/mol. The summed E-state index contributed by atoms with van der Waals surface area (Å²) in [5.74, 6) is 0.0110. The molecule has 2 atom stereocenters. The van der Waals surface area contributed by atoms with Crippen LogP contribution in [-0.4, -0.2) is 5.75 Å². The predicted molar refractivity (Wildman–Crippen MR) is 96.7 cm³/mol. The third-order valence-electron chi connectivity index (χ3n) is 3.94. The van der Waals surface area contributed by atoms with Gasteiger partial charge < -0.3 is 0 Å². The van der Waals surface area contributed by atoms with Gasteiger partial charge in [0.1, 0.15) is 0 Å². The van der Waals surface area contributed by atoms with Crippen molar-refractivity contribution in [2.75, 3.05) is 5.75 Å². The van der Waals surface area contributed by atoms with Crippen molar-refractivity contribution < 1.29 is 8.78 Å². The molecule has 0 aliphatic rings. The molecule has 3 aromatic rings. The van der Waals surface area contributed by atoms with Gasteiger partial charge >= 0.3 is 0 Å². The van der Waals surface area contributed by atoms with Gasteiger partial charge in [0.25, 0.3) is 0 Å². The van der Waals surface area contributed by atoms with Crippen LogP contribution in [0.5, 0.6) is 0 Å². The second-order valence-corrected chi connectivity index (χ2v) is 6.65. The van der Waals surface area contributed by atoms with Crippen molar-refractivity contribution in [2.45, 2.75) is 16.7 Å². The molecule has 2 unspecified atom stereocenters. The summed E-state index contributed by atoms with van der Waals surface area (Å²) in [5.41, 5.74) is -1.37. The van der Waals surface area contributed by atoms with E-state index in [-0.39, 0.29) is 5.75 Å². The summed E-state index contributed by atoms with van der Waals surface area (Å²) in [6.45, 7) is 0. The zero-order valence-electron chi connectivity index (χ0n) is 13.1. The smallest absolute Gasteiger partial charge is 0.180 e. The van der Waals surface area contributed by atoms with Gasteiger partial charge in [-0.05, 0) is 23.3 Å². The molecule has 0 heterocycles. The second-order valence-electron chi connectivity index (χ2n) is 5.60. The summed E-state index contributed by atoms with van der Waals surface area (Å²) in [5, 5.41) is 0. The van der Waals surface area contributed by atoms with Crippen LogP contribution >= 0.6 is 11.8 Å². The first-order valence-electron chi connectivity index (χ1n) is 7.81. The van der Waals surface area contributed by atoms with Crippen molar-refractivity contribution in [3.8, 4) is 0 Å². The van der Waals surface area contributed by atoms with Crippen molar-refractivity contribution in [1.29, 1.82) is 0 Å². The molecule has 0 N–H and O–H groups in total. The van der Waals surface area contributed by atoms with Crippen molar-refractivity contribution in [1.82, 2.24) is 0 Å². The lowest BCUT2D eigenvalue weighted by Crippen LogP contribution is -2.29. The fourth-order valence-corrected chi connectivity index (χ4v) is 3.65. The Morgan fingerprint density at radius 1 is 0.750 bits per heavy atom. The lowest BCUT2D eigenvalue weighted by molar-refractivity contribution is 0.0691. The molecule has 0 radical (unpaired) electrons. The average Bonchev–Trinajstić information content (AvgIpc) is 2.68. The lowest BCUT2D eigenvalue weighted by atomic mass is 9.88. The van der Waals surface area contributed by atoms with E-state index in [1.54, 1.807) is 54.6 Å². The van der Waals surface area contributed by atoms with Crippen molar-refractivity contribution in [3.05, 3.63) is 102 Å². The summed E-state index contributed by atoms with van der Waals surface area (Å²) in [4.78, 5) is 0.927. The van der Waals surface area contributed by atoms with E-state index in [9.17, 15) is 0 Å². The molecule has 0 aliphatic heterocycles. The van der Waals surface area contributed by atoms with Crippen LogP contribution in [-0.2, 0) is 5.67 Å². The lowest BCUT2D eigenvalue weighted by Gasteiger charge is -2.29. The molecule has 0 saturated carbocycles. The molecule has 0 nitrogen and oxygen atoms in total. The van der Waals surface area contributed by atoms with Crippen LogP contribution in [0.4, 0.5) is 8.78 Å². The monoisotopic (exact) mass is 340 g/mol. The maximum absolute atomic E-state index is 15.9. The highest BCUT2D eigenvalue weighted by Crippen LogP contribution is 2.45. The summed E-state index contributed by atoms with van der Waals surface area (Å²) >= 11 is 1.33. The largest absolute Gasteiger partial charge is 0.238 e. The van der Waals surface area contributed by atoms with Gasteiger partial charge in [-0.15, -0.1) is 11.8 Å². The van der Waals surface area contributed by atoms with E-state index in [4.69, 9.17) is 0 Å². The van der Waals surface area contributed by atoms with Crippen LogP contribution < -0.4 is 0 Å². The molecule has 0 bridgehead atoms. The van der Waals surface area contributed by atoms with Gasteiger partial charge in [-0.3, -0.25) is 0 Å². The molecule has 24 heavy (non-hydrogen) atoms. The summed E-state index contributed by atoms with van der Waals surface area (Å²) in [6, 6.07) is 26.7. The Morgan fingerprint density at radius 2 is 1.25 bits per heavy atom. The minimum Gasteiger partial charge on any atom is -0.238 e. The van der Waals surface area contributed by atoms with Gasteiger partial charge in [0, 0.05) is 10.6 Å². The van der Waals surface area contributed by atoms with Crippen LogP contribution in [0.3, 0.4) is 0 Å². The van der Waals surface area contributed by atoms with E-state index in [0.717, 1.165) is 4.90 Å². The molecule has 0 saturated heterocycles. The minimum absolute atomic E-state index is 0.0110. The number of hydrogen-bond donors (Lipinski definition) is 0. The highest BCUT2D eigenvalue weighted by Gasteiger charge is 2.42. The molecular weight excluding hydrogens is 322 g/mol. The van der Waals surface area contributed by atoms with Crippen molar-refractivity contribution >= 4 is 11.8 Å². The first kappa shape index (κ1) is 16.7. The molecule has 0 fully saturated rings. The Hall–Kier alpha value is -2.13. The molecular formula is C21H18F2S. The highest BCUT2D eigenvalue weighted by molar-refractivity contribution is 7.99. The zero-order chi connectivity index (χ0) is 16.8. The fraction of sp³-hybridized carbons (Fsp3) is 0.143. The highest BCUT2D eigenvalue weighted by atomic mass is 32.2. The van der Waals surface area contributed by atoms with Gasteiger partial charge in [-0.25, -0.2) is 8.78 Å². The third kappa shape index (κ3) is 3.68. The van der Waals surface area contributed by atoms with Crippen molar-refractivity contribution in [2.24, 2.45) is 0 Å². The summed E-state index contributed by atoms with van der Waals surface area (Å²) in [7, 11) is 0. The number of halogens is 2. The Morgan fingerprint density at radius 3 is 1.83 bits per heavy atom. The maximum atomic E-state index is 15.9. The van der Waals surface area contributed by atoms with Gasteiger partial charge in [0.05, 0.1) is 0 Å². The first-order valence-corrected chi connectivity index (χ1v) is 8.80. The van der Waals surface area contributed by atoms with E-state index in [2.05, 4.69) is 0 Å². The third-order valence-corrected chi connectivity index (χ3v) is 5.11. The van der Waals surface area contributed by atoms with E-state index in [0.29, 0.717) is 11.1 Å². The maximum Gasteiger partial charge on any atom is 0.180 e. The van der Waals surface area contributed by atoms with E-state index in [1.165, 1.54) is 11.8 Å². The molecule has 122 valence electrons. The molecule has 0 amide bonds. The number of alkyl halides is 2. The Bertz CT molecular complexity index is 747. The number of benzene rings is 3. The Labute approximate surface area is 145 Å². The quantitative estimate of drug-likeness (QED) is 0.471. The van der Waals surface area contributed by atoms with E-state index in [1.807, 2.05) is 36.4 Å². The zero-order valence-corrected chi connectivity index (χ0v) is 13.9. The molecule has 3 heteroatoms. The fourth-order valence-electron chi connectivity index (χ4n) is 2.61. The number of hydrogen-bond acceptors (Lipinski definition) is 1. The van der Waals surface area contributed by atoms with Crippen LogP contribution in [0.2, 0.25) is 0 Å². The second kappa shape index (κ2) is 7.63. The first-order chi connectivity index (χ1) is 11.7. The normalized spacial score (nSPS) is 14.8. The van der Waals surface area contributed by atoms with Gasteiger partial charge in [-0.1, -0.05) is 78.9 Å². The van der Waals surface area contributed by atoms with Crippen LogP contribution in [0.15, 0.2) is 95.9 Å². The minimum atomic E-state index is -2.09. The van der Waals surface area contributed by atoms with Gasteiger partial charge in [0.2, 0.25) is 0 Å². The number of thioether (sulfide) groups is 1. The van der Waals surface area contributed by atoms with Crippen LogP contribution in [0, 0.1) is 0 Å². The van der Waals surface area contributed by atoms with Crippen LogP contribution in [0.25, 0.3) is 0 Å². The Kier molecular flexibility index (Phi) is 5.31. The molecule has 0 spiro atoms.